The summed E-state index contributed by atoms with van der Waals surface area (Å²) in [5.74, 6) is 0.448. The quantitative estimate of drug-likeness (QED) is 0.287. The average molecular weight is 550 g/mol. The lowest BCUT2D eigenvalue weighted by atomic mass is 10.0. The molecule has 0 spiro atoms. The van der Waals surface area contributed by atoms with E-state index in [-0.39, 0.29) is 11.9 Å². The van der Waals surface area contributed by atoms with Crippen LogP contribution in [0.4, 0.5) is 5.69 Å². The van der Waals surface area contributed by atoms with E-state index < -0.39 is 0 Å². The fourth-order valence-electron chi connectivity index (χ4n) is 4.09. The second-order valence-electron chi connectivity index (χ2n) is 9.03. The van der Waals surface area contributed by atoms with Gasteiger partial charge in [0.05, 0.1) is 21.5 Å². The maximum atomic E-state index is 12.5. The average Bonchev–Trinajstić information content (AvgIpc) is 3.30. The number of piperidine rings is 1. The van der Waals surface area contributed by atoms with E-state index in [1.807, 2.05) is 24.3 Å². The third-order valence-electron chi connectivity index (χ3n) is 5.77. The van der Waals surface area contributed by atoms with E-state index in [1.54, 1.807) is 11.3 Å². The Bertz CT molecular complexity index is 1150. The minimum Gasteiger partial charge on any atom is -0.383 e. The van der Waals surface area contributed by atoms with Crippen LogP contribution >= 0.6 is 46.3 Å². The number of anilines is 1. The molecule has 2 heterocycles. The second-order valence-corrected chi connectivity index (χ2v) is 11.9. The van der Waals surface area contributed by atoms with Gasteiger partial charge >= 0.3 is 0 Å². The van der Waals surface area contributed by atoms with Crippen molar-refractivity contribution in [2.24, 2.45) is 0 Å². The summed E-state index contributed by atoms with van der Waals surface area (Å²) in [6.45, 7) is 6.97. The van der Waals surface area contributed by atoms with Crippen molar-refractivity contribution in [1.82, 2.24) is 15.2 Å². The number of rotatable bonds is 9. The number of hydrogen-bond acceptors (Lipinski definition) is 6. The summed E-state index contributed by atoms with van der Waals surface area (Å²) in [6.07, 6.45) is 1.89. The predicted molar refractivity (Wildman–Crippen MR) is 150 cm³/mol. The van der Waals surface area contributed by atoms with E-state index >= 15 is 0 Å². The van der Waals surface area contributed by atoms with Gasteiger partial charge in [0.2, 0.25) is 5.91 Å². The molecule has 0 bridgehead atoms. The molecule has 2 aromatic carbocycles. The van der Waals surface area contributed by atoms with Crippen LogP contribution in [0.1, 0.15) is 32.3 Å². The molecule has 0 atom stereocenters. The molecule has 2 N–H and O–H groups in total. The van der Waals surface area contributed by atoms with Crippen LogP contribution in [0.3, 0.4) is 0 Å². The minimum atomic E-state index is 0.0674. The number of benzene rings is 2. The van der Waals surface area contributed by atoms with Crippen molar-refractivity contribution in [2.45, 2.75) is 49.7 Å². The highest BCUT2D eigenvalue weighted by Crippen LogP contribution is 2.30. The lowest BCUT2D eigenvalue weighted by molar-refractivity contribution is -0.119. The van der Waals surface area contributed by atoms with Gasteiger partial charge in [-0.15, -0.1) is 11.3 Å². The van der Waals surface area contributed by atoms with E-state index in [2.05, 4.69) is 53.0 Å². The maximum Gasteiger partial charge on any atom is 0.230 e. The van der Waals surface area contributed by atoms with Gasteiger partial charge in [-0.3, -0.25) is 9.69 Å². The highest BCUT2D eigenvalue weighted by Gasteiger charge is 2.21. The van der Waals surface area contributed by atoms with Crippen molar-refractivity contribution in [3.8, 4) is 11.3 Å². The zero-order valence-corrected chi connectivity index (χ0v) is 23.0. The number of nitrogens with zero attached hydrogens (tertiary/aromatic N) is 2. The number of halogens is 2. The van der Waals surface area contributed by atoms with E-state index in [0.717, 1.165) is 59.3 Å². The first-order valence-corrected chi connectivity index (χ1v) is 14.4. The summed E-state index contributed by atoms with van der Waals surface area (Å²) >= 11 is 15.2. The standard InChI is InChI=1S/C26H30Cl2N4OS2/c1-17(2)29-21-5-3-4-19(13-21)24-15-34-26(31-24)35-16-25(33)30-20-8-10-32(11-9-20)14-18-6-7-22(27)23(28)12-18/h3-7,12-13,15,17,20,29H,8-11,14,16H2,1-2H3,(H,30,33). The van der Waals surface area contributed by atoms with E-state index in [1.165, 1.54) is 11.8 Å². The first-order chi connectivity index (χ1) is 16.9. The van der Waals surface area contributed by atoms with Crippen LogP contribution in [0, 0.1) is 0 Å². The van der Waals surface area contributed by atoms with Gasteiger partial charge in [0.25, 0.3) is 0 Å². The Morgan fingerprint density at radius 2 is 1.97 bits per heavy atom. The SMILES string of the molecule is CC(C)Nc1cccc(-c2csc(SCC(=O)NC3CCN(Cc4ccc(Cl)c(Cl)c4)CC3)n2)c1. The van der Waals surface area contributed by atoms with Crippen molar-refractivity contribution in [2.75, 3.05) is 24.2 Å². The Morgan fingerprint density at radius 3 is 2.71 bits per heavy atom. The molecular formula is C26H30Cl2N4OS2. The second kappa shape index (κ2) is 12.5. The van der Waals surface area contributed by atoms with Gasteiger partial charge in [0.15, 0.2) is 4.34 Å². The molecule has 1 fully saturated rings. The fraction of sp³-hybridized carbons (Fsp3) is 0.385. The summed E-state index contributed by atoms with van der Waals surface area (Å²) in [7, 11) is 0. The molecule has 35 heavy (non-hydrogen) atoms. The molecule has 1 amide bonds. The first-order valence-electron chi connectivity index (χ1n) is 11.8. The van der Waals surface area contributed by atoms with Crippen molar-refractivity contribution in [3.63, 3.8) is 0 Å². The van der Waals surface area contributed by atoms with Gasteiger partial charge < -0.3 is 10.6 Å². The van der Waals surface area contributed by atoms with Crippen LogP contribution in [0.15, 0.2) is 52.2 Å². The lowest BCUT2D eigenvalue weighted by Gasteiger charge is -2.32. The van der Waals surface area contributed by atoms with Crippen molar-refractivity contribution >= 4 is 57.9 Å². The van der Waals surface area contributed by atoms with Crippen LogP contribution in [-0.2, 0) is 11.3 Å². The van der Waals surface area contributed by atoms with Crippen LogP contribution in [0.5, 0.6) is 0 Å². The molecule has 1 aromatic heterocycles. The number of thiazole rings is 1. The third kappa shape index (κ3) is 7.86. The van der Waals surface area contributed by atoms with Crippen molar-refractivity contribution in [1.29, 1.82) is 0 Å². The number of nitrogens with one attached hydrogen (secondary N) is 2. The van der Waals surface area contributed by atoms with Gasteiger partial charge in [0.1, 0.15) is 0 Å². The molecule has 5 nitrogen and oxygen atoms in total. The molecule has 0 unspecified atom stereocenters. The summed E-state index contributed by atoms with van der Waals surface area (Å²) in [5.41, 5.74) is 4.27. The lowest BCUT2D eigenvalue weighted by Crippen LogP contribution is -2.44. The Labute approximate surface area is 225 Å². The van der Waals surface area contributed by atoms with Gasteiger partial charge in [-0.05, 0) is 56.5 Å². The number of amides is 1. The topological polar surface area (TPSA) is 57.3 Å². The summed E-state index contributed by atoms with van der Waals surface area (Å²) in [4.78, 5) is 19.7. The molecule has 9 heteroatoms. The summed E-state index contributed by atoms with van der Waals surface area (Å²) in [6, 6.07) is 14.7. The van der Waals surface area contributed by atoms with E-state index in [0.29, 0.717) is 21.8 Å². The largest absolute Gasteiger partial charge is 0.383 e. The number of hydrogen-bond donors (Lipinski definition) is 2. The van der Waals surface area contributed by atoms with Crippen LogP contribution in [0.25, 0.3) is 11.3 Å². The summed E-state index contributed by atoms with van der Waals surface area (Å²) < 4.78 is 0.911. The fourth-order valence-corrected chi connectivity index (χ4v) is 6.05. The first kappa shape index (κ1) is 26.3. The molecule has 0 radical (unpaired) electrons. The zero-order valence-electron chi connectivity index (χ0n) is 19.9. The Hall–Kier alpha value is -1.77. The van der Waals surface area contributed by atoms with Crippen LogP contribution in [-0.4, -0.2) is 46.7 Å². The molecule has 1 aliphatic rings. The molecule has 186 valence electrons. The number of thioether (sulfide) groups is 1. The normalized spacial score (nSPS) is 14.9. The van der Waals surface area contributed by atoms with Gasteiger partial charge in [-0.1, -0.05) is 53.2 Å². The molecule has 3 aromatic rings. The molecule has 1 aliphatic heterocycles. The zero-order chi connectivity index (χ0) is 24.8. The Kier molecular flexibility index (Phi) is 9.36. The van der Waals surface area contributed by atoms with E-state index in [9.17, 15) is 4.79 Å². The molecule has 0 aliphatic carbocycles. The predicted octanol–water partition coefficient (Wildman–Crippen LogP) is 6.81. The van der Waals surface area contributed by atoms with Crippen LogP contribution < -0.4 is 10.6 Å². The van der Waals surface area contributed by atoms with Crippen molar-refractivity contribution in [3.05, 3.63) is 63.5 Å². The number of carbonyl (C=O) groups is 1. The molecule has 1 saturated heterocycles. The number of carbonyl (C=O) groups excluding carboxylic acids is 1. The highest BCUT2D eigenvalue weighted by atomic mass is 35.5. The van der Waals surface area contributed by atoms with Gasteiger partial charge in [0, 0.05) is 48.3 Å². The smallest absolute Gasteiger partial charge is 0.230 e. The van der Waals surface area contributed by atoms with Gasteiger partial charge in [-0.25, -0.2) is 4.98 Å². The molecule has 4 rings (SSSR count). The maximum absolute atomic E-state index is 12.5. The Balaban J connectivity index is 1.20. The van der Waals surface area contributed by atoms with Crippen molar-refractivity contribution < 1.29 is 4.79 Å². The van der Waals surface area contributed by atoms with Crippen LogP contribution in [0.2, 0.25) is 10.0 Å². The Morgan fingerprint density at radius 1 is 1.17 bits per heavy atom. The summed E-state index contributed by atoms with van der Waals surface area (Å²) in [5, 5.41) is 9.85. The van der Waals surface area contributed by atoms with Gasteiger partial charge in [-0.2, -0.15) is 0 Å². The number of likely N-dealkylation sites (tertiary alicyclic amines) is 1. The van der Waals surface area contributed by atoms with E-state index in [4.69, 9.17) is 28.2 Å². The molecular weight excluding hydrogens is 519 g/mol. The minimum absolute atomic E-state index is 0.0674. The monoisotopic (exact) mass is 548 g/mol. The highest BCUT2D eigenvalue weighted by molar-refractivity contribution is 8.01. The molecule has 0 saturated carbocycles. The number of aromatic nitrogens is 1. The third-order valence-corrected chi connectivity index (χ3v) is 8.53.